The molecule has 2 aromatic heterocycles. The number of nitrogens with zero attached hydrogens (tertiary/aromatic N) is 5. The lowest BCUT2D eigenvalue weighted by Crippen LogP contribution is -2.42. The summed E-state index contributed by atoms with van der Waals surface area (Å²) in [6, 6.07) is 1.72. The molecular formula is C17H21N5O3. The molecule has 0 unspecified atom stereocenters. The topological polar surface area (TPSA) is 94.2 Å². The first-order chi connectivity index (χ1) is 12.3. The van der Waals surface area contributed by atoms with Crippen molar-refractivity contribution in [2.24, 2.45) is 5.92 Å². The van der Waals surface area contributed by atoms with E-state index in [2.05, 4.69) is 20.1 Å². The van der Waals surface area contributed by atoms with Crippen molar-refractivity contribution in [3.8, 4) is 11.6 Å². The molecule has 0 radical (unpaired) electrons. The van der Waals surface area contributed by atoms with E-state index in [-0.39, 0.29) is 5.91 Å². The molecular weight excluding hydrogens is 322 g/mol. The van der Waals surface area contributed by atoms with Gasteiger partial charge in [0.1, 0.15) is 0 Å². The molecule has 0 spiro atoms. The first-order valence-electron chi connectivity index (χ1n) is 8.80. The van der Waals surface area contributed by atoms with Crippen LogP contribution in [0.5, 0.6) is 0 Å². The van der Waals surface area contributed by atoms with Crippen molar-refractivity contribution in [3.05, 3.63) is 24.4 Å². The minimum Gasteiger partial charge on any atom is -0.365 e. The van der Waals surface area contributed by atoms with Crippen LogP contribution in [-0.2, 0) is 9.53 Å². The molecule has 1 aliphatic heterocycles. The van der Waals surface area contributed by atoms with Crippen LogP contribution in [0.4, 0.5) is 0 Å². The molecule has 0 bridgehead atoms. The second-order valence-electron chi connectivity index (χ2n) is 6.58. The summed E-state index contributed by atoms with van der Waals surface area (Å²) >= 11 is 0. The van der Waals surface area contributed by atoms with Crippen molar-refractivity contribution >= 4 is 5.91 Å². The number of hydrogen-bond donors (Lipinski definition) is 0. The minimum absolute atomic E-state index is 0.200. The molecule has 2 fully saturated rings. The summed E-state index contributed by atoms with van der Waals surface area (Å²) in [4.78, 5) is 26.9. The Hall–Kier alpha value is -2.35. The highest BCUT2D eigenvalue weighted by Crippen LogP contribution is 2.29. The SMILES string of the molecule is O=C(CC1CCCC1)N1CCO[C@H](c2nc(-c3ncccn3)no2)C1. The Balaban J connectivity index is 1.41. The molecule has 1 aliphatic carbocycles. The maximum atomic E-state index is 12.5. The Morgan fingerprint density at radius 3 is 2.80 bits per heavy atom. The second-order valence-corrected chi connectivity index (χ2v) is 6.58. The van der Waals surface area contributed by atoms with Gasteiger partial charge in [0.05, 0.1) is 13.2 Å². The quantitative estimate of drug-likeness (QED) is 0.838. The van der Waals surface area contributed by atoms with Crippen LogP contribution in [0.25, 0.3) is 11.6 Å². The number of ether oxygens (including phenoxy) is 1. The molecule has 4 rings (SSSR count). The lowest BCUT2D eigenvalue weighted by Gasteiger charge is -2.31. The third-order valence-electron chi connectivity index (χ3n) is 4.84. The number of hydrogen-bond acceptors (Lipinski definition) is 7. The fraction of sp³-hybridized carbons (Fsp3) is 0.588. The van der Waals surface area contributed by atoms with Crippen LogP contribution in [0.1, 0.15) is 44.1 Å². The van der Waals surface area contributed by atoms with Crippen LogP contribution in [0.3, 0.4) is 0 Å². The smallest absolute Gasteiger partial charge is 0.258 e. The minimum atomic E-state index is -0.397. The lowest BCUT2D eigenvalue weighted by atomic mass is 10.0. The predicted molar refractivity (Wildman–Crippen MR) is 87.2 cm³/mol. The normalized spacial score (nSPS) is 21.6. The maximum absolute atomic E-state index is 12.5. The largest absolute Gasteiger partial charge is 0.365 e. The summed E-state index contributed by atoms with van der Waals surface area (Å²) in [5, 5.41) is 3.92. The highest BCUT2D eigenvalue weighted by molar-refractivity contribution is 5.76. The van der Waals surface area contributed by atoms with Gasteiger partial charge >= 0.3 is 0 Å². The molecule has 2 aromatic rings. The van der Waals surface area contributed by atoms with Gasteiger partial charge in [-0.3, -0.25) is 4.79 Å². The van der Waals surface area contributed by atoms with Gasteiger partial charge in [0.2, 0.25) is 17.6 Å². The average Bonchev–Trinajstić information content (AvgIpc) is 3.34. The zero-order valence-electron chi connectivity index (χ0n) is 14.0. The number of carbonyl (C=O) groups is 1. The highest BCUT2D eigenvalue weighted by Gasteiger charge is 2.31. The van der Waals surface area contributed by atoms with Gasteiger partial charge in [-0.05, 0) is 24.8 Å². The molecule has 3 heterocycles. The number of carbonyl (C=O) groups excluding carboxylic acids is 1. The Morgan fingerprint density at radius 2 is 2.00 bits per heavy atom. The van der Waals surface area contributed by atoms with Crippen molar-refractivity contribution in [1.82, 2.24) is 25.0 Å². The van der Waals surface area contributed by atoms with E-state index in [1.807, 2.05) is 4.90 Å². The van der Waals surface area contributed by atoms with Crippen molar-refractivity contribution in [1.29, 1.82) is 0 Å². The van der Waals surface area contributed by atoms with Gasteiger partial charge in [-0.25, -0.2) is 9.97 Å². The van der Waals surface area contributed by atoms with Gasteiger partial charge in [0, 0.05) is 25.4 Å². The van der Waals surface area contributed by atoms with E-state index in [0.717, 1.165) is 0 Å². The third kappa shape index (κ3) is 3.68. The summed E-state index contributed by atoms with van der Waals surface area (Å²) in [5.41, 5.74) is 0. The molecule has 132 valence electrons. The van der Waals surface area contributed by atoms with E-state index in [1.165, 1.54) is 25.7 Å². The van der Waals surface area contributed by atoms with E-state index in [1.54, 1.807) is 18.5 Å². The molecule has 1 saturated heterocycles. The van der Waals surface area contributed by atoms with Crippen molar-refractivity contribution in [3.63, 3.8) is 0 Å². The summed E-state index contributed by atoms with van der Waals surface area (Å²) in [6.07, 6.45) is 8.32. The van der Waals surface area contributed by atoms with E-state index >= 15 is 0 Å². The van der Waals surface area contributed by atoms with E-state index in [4.69, 9.17) is 9.26 Å². The molecule has 0 aromatic carbocycles. The van der Waals surface area contributed by atoms with Crippen molar-refractivity contribution < 1.29 is 14.1 Å². The van der Waals surface area contributed by atoms with Gasteiger partial charge in [-0.1, -0.05) is 18.0 Å². The molecule has 1 saturated carbocycles. The Morgan fingerprint density at radius 1 is 1.20 bits per heavy atom. The molecule has 1 atom stereocenters. The molecule has 8 heteroatoms. The molecule has 25 heavy (non-hydrogen) atoms. The highest BCUT2D eigenvalue weighted by atomic mass is 16.5. The van der Waals surface area contributed by atoms with Crippen LogP contribution in [0.15, 0.2) is 23.0 Å². The van der Waals surface area contributed by atoms with Crippen molar-refractivity contribution in [2.45, 2.75) is 38.2 Å². The fourth-order valence-corrected chi connectivity index (χ4v) is 3.49. The third-order valence-corrected chi connectivity index (χ3v) is 4.84. The second kappa shape index (κ2) is 7.26. The van der Waals surface area contributed by atoms with E-state index < -0.39 is 6.10 Å². The monoisotopic (exact) mass is 343 g/mol. The number of morpholine rings is 1. The van der Waals surface area contributed by atoms with Crippen LogP contribution in [0.2, 0.25) is 0 Å². The number of aromatic nitrogens is 4. The first-order valence-corrected chi connectivity index (χ1v) is 8.80. The first kappa shape index (κ1) is 16.1. The van der Waals surface area contributed by atoms with Crippen molar-refractivity contribution in [2.75, 3.05) is 19.7 Å². The molecule has 8 nitrogen and oxygen atoms in total. The average molecular weight is 343 g/mol. The summed E-state index contributed by atoms with van der Waals surface area (Å²) < 4.78 is 11.0. The van der Waals surface area contributed by atoms with Gasteiger partial charge in [0.15, 0.2) is 6.10 Å². The number of amides is 1. The molecule has 1 amide bonds. The maximum Gasteiger partial charge on any atom is 0.258 e. The Kier molecular flexibility index (Phi) is 4.69. The van der Waals surface area contributed by atoms with Crippen LogP contribution < -0.4 is 0 Å². The zero-order valence-corrected chi connectivity index (χ0v) is 14.0. The molecule has 0 N–H and O–H groups in total. The van der Waals surface area contributed by atoms with E-state index in [0.29, 0.717) is 49.6 Å². The van der Waals surface area contributed by atoms with Gasteiger partial charge in [-0.2, -0.15) is 4.98 Å². The lowest BCUT2D eigenvalue weighted by molar-refractivity contribution is -0.141. The van der Waals surface area contributed by atoms with Crippen LogP contribution in [0, 0.1) is 5.92 Å². The summed E-state index contributed by atoms with van der Waals surface area (Å²) in [6.45, 7) is 1.54. The van der Waals surface area contributed by atoms with E-state index in [9.17, 15) is 4.79 Å². The summed E-state index contributed by atoms with van der Waals surface area (Å²) in [7, 11) is 0. The predicted octanol–water partition coefficient (Wildman–Crippen LogP) is 2.01. The Bertz CT molecular complexity index is 714. The summed E-state index contributed by atoms with van der Waals surface area (Å²) in [5.74, 6) is 1.84. The zero-order chi connectivity index (χ0) is 17.1. The van der Waals surface area contributed by atoms with Gasteiger partial charge < -0.3 is 14.2 Å². The van der Waals surface area contributed by atoms with Gasteiger partial charge in [0.25, 0.3) is 5.89 Å². The standard InChI is InChI=1S/C17H21N5O3/c23-14(10-12-4-1-2-5-12)22-8-9-24-13(11-22)17-20-16(21-25-17)15-18-6-3-7-19-15/h3,6-7,12-13H,1-2,4-5,8-11H2/t13-/m0/s1. The fourth-order valence-electron chi connectivity index (χ4n) is 3.49. The van der Waals surface area contributed by atoms with Gasteiger partial charge in [-0.15, -0.1) is 0 Å². The van der Waals surface area contributed by atoms with Crippen LogP contribution >= 0.6 is 0 Å². The van der Waals surface area contributed by atoms with Crippen LogP contribution in [-0.4, -0.2) is 50.6 Å². The number of rotatable bonds is 4. The Labute approximate surface area is 145 Å². The molecule has 2 aliphatic rings.